The Morgan fingerprint density at radius 3 is 2.65 bits per heavy atom. The summed E-state index contributed by atoms with van der Waals surface area (Å²) in [6, 6.07) is 13.0. The van der Waals surface area contributed by atoms with Crippen molar-refractivity contribution in [2.45, 2.75) is 27.3 Å². The number of carbonyl (C=O) groups is 1. The maximum absolute atomic E-state index is 12.8. The second-order valence-corrected chi connectivity index (χ2v) is 6.41. The fourth-order valence-electron chi connectivity index (χ4n) is 2.78. The lowest BCUT2D eigenvalue weighted by Crippen LogP contribution is -2.29. The van der Waals surface area contributed by atoms with Gasteiger partial charge in [0.15, 0.2) is 0 Å². The van der Waals surface area contributed by atoms with Gasteiger partial charge in [0.25, 0.3) is 11.5 Å². The summed E-state index contributed by atoms with van der Waals surface area (Å²) in [5.41, 5.74) is 3.93. The van der Waals surface area contributed by atoms with E-state index in [0.717, 1.165) is 22.3 Å². The van der Waals surface area contributed by atoms with Gasteiger partial charge in [-0.2, -0.15) is 0 Å². The molecule has 0 bridgehead atoms. The minimum atomic E-state index is -0.452. The van der Waals surface area contributed by atoms with Gasteiger partial charge < -0.3 is 9.88 Å². The first-order valence-corrected chi connectivity index (χ1v) is 8.44. The Morgan fingerprint density at radius 1 is 1.08 bits per heavy atom. The number of nitrogens with zero attached hydrogens (tertiary/aromatic N) is 2. The van der Waals surface area contributed by atoms with Gasteiger partial charge in [0, 0.05) is 12.4 Å². The molecule has 2 heterocycles. The van der Waals surface area contributed by atoms with Crippen molar-refractivity contribution in [1.82, 2.24) is 9.55 Å². The maximum atomic E-state index is 12.8. The van der Waals surface area contributed by atoms with Crippen molar-refractivity contribution >= 4 is 11.7 Å². The normalized spacial score (nSPS) is 10.6. The number of aromatic nitrogens is 2. The van der Waals surface area contributed by atoms with Crippen LogP contribution < -0.4 is 10.9 Å². The van der Waals surface area contributed by atoms with Crippen molar-refractivity contribution in [3.8, 4) is 0 Å². The molecule has 1 amide bonds. The molecule has 5 nitrogen and oxygen atoms in total. The molecule has 0 saturated carbocycles. The van der Waals surface area contributed by atoms with E-state index in [0.29, 0.717) is 12.4 Å². The highest BCUT2D eigenvalue weighted by Crippen LogP contribution is 2.13. The largest absolute Gasteiger partial charge is 0.310 e. The summed E-state index contributed by atoms with van der Waals surface area (Å²) in [6.45, 7) is 6.31. The number of anilines is 1. The van der Waals surface area contributed by atoms with Crippen LogP contribution in [-0.2, 0) is 6.54 Å². The molecular weight excluding hydrogens is 326 g/mol. The van der Waals surface area contributed by atoms with E-state index in [4.69, 9.17) is 0 Å². The number of aryl methyl sites for hydroxylation is 3. The zero-order chi connectivity index (χ0) is 18.7. The van der Waals surface area contributed by atoms with Gasteiger partial charge >= 0.3 is 0 Å². The first-order valence-electron chi connectivity index (χ1n) is 8.44. The van der Waals surface area contributed by atoms with E-state index in [-0.39, 0.29) is 11.1 Å². The second kappa shape index (κ2) is 7.35. The van der Waals surface area contributed by atoms with Crippen LogP contribution in [0.5, 0.6) is 0 Å². The second-order valence-electron chi connectivity index (χ2n) is 6.41. The Kier molecular flexibility index (Phi) is 4.98. The quantitative estimate of drug-likeness (QED) is 0.786. The van der Waals surface area contributed by atoms with Crippen molar-refractivity contribution < 1.29 is 4.79 Å². The number of carbonyl (C=O) groups excluding carboxylic acids is 1. The van der Waals surface area contributed by atoms with Gasteiger partial charge in [-0.15, -0.1) is 0 Å². The maximum Gasteiger partial charge on any atom is 0.263 e. The van der Waals surface area contributed by atoms with Crippen molar-refractivity contribution in [2.24, 2.45) is 0 Å². The Hall–Kier alpha value is -3.21. The number of rotatable bonds is 4. The fraction of sp³-hybridized carbons (Fsp3) is 0.190. The molecular formula is C21H21N3O2. The number of hydrogen-bond donors (Lipinski definition) is 1. The summed E-state index contributed by atoms with van der Waals surface area (Å²) in [5, 5.41) is 2.72. The summed E-state index contributed by atoms with van der Waals surface area (Å²) in [6.07, 6.45) is 3.30. The molecule has 0 saturated heterocycles. The summed E-state index contributed by atoms with van der Waals surface area (Å²) >= 11 is 0. The van der Waals surface area contributed by atoms with Gasteiger partial charge in [-0.05, 0) is 55.7 Å². The predicted molar refractivity (Wildman–Crippen MR) is 103 cm³/mol. The topological polar surface area (TPSA) is 64.0 Å². The zero-order valence-corrected chi connectivity index (χ0v) is 15.1. The number of benzene rings is 1. The number of pyridine rings is 2. The molecule has 1 aromatic carbocycles. The molecule has 0 atom stereocenters. The predicted octanol–water partition coefficient (Wildman–Crippen LogP) is 3.47. The minimum absolute atomic E-state index is 0.0999. The molecule has 0 aliphatic carbocycles. The van der Waals surface area contributed by atoms with E-state index in [9.17, 15) is 9.59 Å². The summed E-state index contributed by atoms with van der Waals surface area (Å²) in [5.74, 6) is 0.00828. The average molecular weight is 347 g/mol. The van der Waals surface area contributed by atoms with Gasteiger partial charge in [0.1, 0.15) is 11.4 Å². The molecule has 0 aliphatic rings. The third kappa shape index (κ3) is 3.72. The van der Waals surface area contributed by atoms with Crippen LogP contribution in [0.1, 0.15) is 32.6 Å². The van der Waals surface area contributed by atoms with E-state index in [2.05, 4.69) is 16.4 Å². The molecule has 5 heteroatoms. The third-order valence-electron chi connectivity index (χ3n) is 4.35. The van der Waals surface area contributed by atoms with Crippen molar-refractivity contribution in [1.29, 1.82) is 0 Å². The molecule has 0 unspecified atom stereocenters. The summed E-state index contributed by atoms with van der Waals surface area (Å²) in [4.78, 5) is 29.5. The van der Waals surface area contributed by atoms with Crippen LogP contribution in [-0.4, -0.2) is 15.5 Å². The van der Waals surface area contributed by atoms with Gasteiger partial charge in [-0.25, -0.2) is 4.98 Å². The van der Waals surface area contributed by atoms with Crippen LogP contribution >= 0.6 is 0 Å². The SMILES string of the molecule is Cc1ccc(C)c(Cn2cccc(C(=O)Nc3ncccc3C)c2=O)c1. The Labute approximate surface area is 152 Å². The lowest BCUT2D eigenvalue weighted by atomic mass is 10.1. The number of nitrogens with one attached hydrogen (secondary N) is 1. The van der Waals surface area contributed by atoms with Gasteiger partial charge in [-0.1, -0.05) is 29.8 Å². The van der Waals surface area contributed by atoms with Crippen LogP contribution in [0.25, 0.3) is 0 Å². The lowest BCUT2D eigenvalue weighted by molar-refractivity contribution is 0.102. The van der Waals surface area contributed by atoms with Gasteiger partial charge in [0.05, 0.1) is 6.54 Å². The van der Waals surface area contributed by atoms with E-state index in [1.807, 2.05) is 39.0 Å². The molecule has 132 valence electrons. The molecule has 1 N–H and O–H groups in total. The Bertz CT molecular complexity index is 1020. The number of hydrogen-bond acceptors (Lipinski definition) is 3. The van der Waals surface area contributed by atoms with E-state index in [1.54, 1.807) is 29.1 Å². The van der Waals surface area contributed by atoms with Crippen LogP contribution in [0.3, 0.4) is 0 Å². The highest BCUT2D eigenvalue weighted by molar-refractivity contribution is 6.03. The summed E-state index contributed by atoms with van der Waals surface area (Å²) < 4.78 is 1.56. The van der Waals surface area contributed by atoms with E-state index >= 15 is 0 Å². The van der Waals surface area contributed by atoms with E-state index < -0.39 is 5.91 Å². The standard InChI is InChI=1S/C21H21N3O2/c1-14-8-9-15(2)17(12-14)13-24-11-5-7-18(21(24)26)20(25)23-19-16(3)6-4-10-22-19/h4-12H,13H2,1-3H3,(H,22,23,25). The highest BCUT2D eigenvalue weighted by atomic mass is 16.2. The molecule has 0 fully saturated rings. The molecule has 0 spiro atoms. The van der Waals surface area contributed by atoms with Crippen LogP contribution in [0.15, 0.2) is 59.7 Å². The van der Waals surface area contributed by atoms with Crippen molar-refractivity contribution in [3.63, 3.8) is 0 Å². The average Bonchev–Trinajstić information content (AvgIpc) is 2.62. The third-order valence-corrected chi connectivity index (χ3v) is 4.35. The molecule has 3 rings (SSSR count). The van der Waals surface area contributed by atoms with Crippen molar-refractivity contribution in [2.75, 3.05) is 5.32 Å². The molecule has 0 aliphatic heterocycles. The first kappa shape index (κ1) is 17.6. The van der Waals surface area contributed by atoms with Crippen molar-refractivity contribution in [3.05, 3.63) is 93.0 Å². The van der Waals surface area contributed by atoms with Gasteiger partial charge in [-0.3, -0.25) is 9.59 Å². The van der Waals surface area contributed by atoms with Crippen LogP contribution in [0, 0.1) is 20.8 Å². The molecule has 2 aromatic heterocycles. The summed E-state index contributed by atoms with van der Waals surface area (Å²) in [7, 11) is 0. The molecule has 0 radical (unpaired) electrons. The fourth-order valence-corrected chi connectivity index (χ4v) is 2.78. The number of amides is 1. The minimum Gasteiger partial charge on any atom is -0.310 e. The van der Waals surface area contributed by atoms with Gasteiger partial charge in [0.2, 0.25) is 0 Å². The smallest absolute Gasteiger partial charge is 0.263 e. The van der Waals surface area contributed by atoms with Crippen LogP contribution in [0.4, 0.5) is 5.82 Å². The Morgan fingerprint density at radius 2 is 1.88 bits per heavy atom. The monoisotopic (exact) mass is 347 g/mol. The van der Waals surface area contributed by atoms with Crippen LogP contribution in [0.2, 0.25) is 0 Å². The van der Waals surface area contributed by atoms with E-state index in [1.165, 1.54) is 6.07 Å². The first-order chi connectivity index (χ1) is 12.5. The zero-order valence-electron chi connectivity index (χ0n) is 15.1. The highest BCUT2D eigenvalue weighted by Gasteiger charge is 2.14. The lowest BCUT2D eigenvalue weighted by Gasteiger charge is -2.11. The molecule has 26 heavy (non-hydrogen) atoms. The Balaban J connectivity index is 1.90. The molecule has 3 aromatic rings.